The van der Waals surface area contributed by atoms with E-state index in [9.17, 15) is 0 Å². The summed E-state index contributed by atoms with van der Waals surface area (Å²) in [6.45, 7) is 8.54. The molecule has 0 saturated heterocycles. The first-order valence-corrected chi connectivity index (χ1v) is 8.49. The molecule has 1 aliphatic rings. The van der Waals surface area contributed by atoms with E-state index >= 15 is 0 Å². The van der Waals surface area contributed by atoms with Crippen LogP contribution in [0.15, 0.2) is 6.07 Å². The molecule has 0 radical (unpaired) electrons. The number of rotatable bonds is 7. The lowest BCUT2D eigenvalue weighted by Gasteiger charge is -2.27. The summed E-state index contributed by atoms with van der Waals surface area (Å²) in [6.07, 6.45) is 9.66. The van der Waals surface area contributed by atoms with Gasteiger partial charge < -0.3 is 5.32 Å². The van der Waals surface area contributed by atoms with E-state index in [0.29, 0.717) is 6.04 Å². The molecule has 1 saturated carbocycles. The van der Waals surface area contributed by atoms with E-state index in [0.717, 1.165) is 31.1 Å². The molecule has 0 bridgehead atoms. The van der Waals surface area contributed by atoms with Gasteiger partial charge in [-0.15, -0.1) is 0 Å². The van der Waals surface area contributed by atoms with Gasteiger partial charge in [-0.1, -0.05) is 39.0 Å². The van der Waals surface area contributed by atoms with Crippen LogP contribution in [0.25, 0.3) is 0 Å². The Morgan fingerprint density at radius 3 is 2.70 bits per heavy atom. The van der Waals surface area contributed by atoms with Crippen molar-refractivity contribution in [2.45, 2.75) is 78.3 Å². The summed E-state index contributed by atoms with van der Waals surface area (Å²) in [6, 6.07) is 2.87. The summed E-state index contributed by atoms with van der Waals surface area (Å²) in [5.74, 6) is 0.937. The Morgan fingerprint density at radius 2 is 2.05 bits per heavy atom. The van der Waals surface area contributed by atoms with Gasteiger partial charge in [-0.2, -0.15) is 5.10 Å². The van der Waals surface area contributed by atoms with Crippen molar-refractivity contribution in [1.82, 2.24) is 15.1 Å². The standard InChI is InChI=1S/C17H31N3/c1-4-18-16(12-15-9-7-6-8-10-15)13-17-11-14(3)19-20(17)5-2/h11,15-16,18H,4-10,12-13H2,1-3H3. The Labute approximate surface area is 124 Å². The Hall–Kier alpha value is -0.830. The fraction of sp³-hybridized carbons (Fsp3) is 0.824. The summed E-state index contributed by atoms with van der Waals surface area (Å²) in [4.78, 5) is 0. The highest BCUT2D eigenvalue weighted by molar-refractivity contribution is 5.10. The smallest absolute Gasteiger partial charge is 0.0596 e. The molecular formula is C17H31N3. The topological polar surface area (TPSA) is 29.9 Å². The predicted molar refractivity (Wildman–Crippen MR) is 85.0 cm³/mol. The largest absolute Gasteiger partial charge is 0.314 e. The van der Waals surface area contributed by atoms with Crippen molar-refractivity contribution < 1.29 is 0 Å². The highest BCUT2D eigenvalue weighted by Gasteiger charge is 2.20. The first kappa shape index (κ1) is 15.6. The summed E-state index contributed by atoms with van der Waals surface area (Å²) in [5.41, 5.74) is 2.54. The number of likely N-dealkylation sites (N-methyl/N-ethyl adjacent to an activating group) is 1. The normalized spacial score (nSPS) is 18.4. The fourth-order valence-electron chi connectivity index (χ4n) is 3.64. The second-order valence-corrected chi connectivity index (χ2v) is 6.29. The molecule has 1 fully saturated rings. The first-order chi connectivity index (χ1) is 9.72. The van der Waals surface area contributed by atoms with Gasteiger partial charge in [-0.3, -0.25) is 4.68 Å². The average molecular weight is 277 g/mol. The number of nitrogens with one attached hydrogen (secondary N) is 1. The van der Waals surface area contributed by atoms with Crippen LogP contribution in [0.2, 0.25) is 0 Å². The van der Waals surface area contributed by atoms with Crippen molar-refractivity contribution in [1.29, 1.82) is 0 Å². The van der Waals surface area contributed by atoms with E-state index < -0.39 is 0 Å². The van der Waals surface area contributed by atoms with Crippen molar-refractivity contribution in [3.63, 3.8) is 0 Å². The van der Waals surface area contributed by atoms with Gasteiger partial charge in [0.15, 0.2) is 0 Å². The van der Waals surface area contributed by atoms with Crippen LogP contribution in [0.1, 0.15) is 63.8 Å². The average Bonchev–Trinajstić information content (AvgIpc) is 2.80. The van der Waals surface area contributed by atoms with Crippen molar-refractivity contribution in [2.75, 3.05) is 6.54 Å². The quantitative estimate of drug-likeness (QED) is 0.823. The second-order valence-electron chi connectivity index (χ2n) is 6.29. The van der Waals surface area contributed by atoms with Crippen LogP contribution in [-0.2, 0) is 13.0 Å². The monoisotopic (exact) mass is 277 g/mol. The van der Waals surface area contributed by atoms with Crippen molar-refractivity contribution in [3.8, 4) is 0 Å². The maximum atomic E-state index is 4.58. The second kappa shape index (κ2) is 7.82. The summed E-state index contributed by atoms with van der Waals surface area (Å²) in [5, 5.41) is 8.28. The molecule has 3 heteroatoms. The van der Waals surface area contributed by atoms with E-state index in [1.54, 1.807) is 0 Å². The molecule has 1 aliphatic carbocycles. The van der Waals surface area contributed by atoms with E-state index in [4.69, 9.17) is 0 Å². The molecule has 114 valence electrons. The summed E-state index contributed by atoms with van der Waals surface area (Å²) in [7, 11) is 0. The molecule has 1 aromatic rings. The first-order valence-electron chi connectivity index (χ1n) is 8.49. The minimum absolute atomic E-state index is 0.615. The minimum Gasteiger partial charge on any atom is -0.314 e. The summed E-state index contributed by atoms with van der Waals surface area (Å²) >= 11 is 0. The molecule has 1 aromatic heterocycles. The molecule has 1 atom stereocenters. The third-order valence-electron chi connectivity index (χ3n) is 4.58. The molecule has 3 nitrogen and oxygen atoms in total. The maximum absolute atomic E-state index is 4.58. The molecule has 0 aliphatic heterocycles. The summed E-state index contributed by atoms with van der Waals surface area (Å²) < 4.78 is 2.17. The van der Waals surface area contributed by atoms with Gasteiger partial charge in [-0.05, 0) is 38.8 Å². The SMILES string of the molecule is CCNC(Cc1cc(C)nn1CC)CC1CCCCC1. The van der Waals surface area contributed by atoms with E-state index in [-0.39, 0.29) is 0 Å². The Bertz CT molecular complexity index is 391. The van der Waals surface area contributed by atoms with Crippen LogP contribution in [0.5, 0.6) is 0 Å². The molecule has 1 N–H and O–H groups in total. The highest BCUT2D eigenvalue weighted by Crippen LogP contribution is 2.28. The lowest BCUT2D eigenvalue weighted by atomic mass is 9.84. The van der Waals surface area contributed by atoms with Gasteiger partial charge in [0.25, 0.3) is 0 Å². The van der Waals surface area contributed by atoms with Crippen LogP contribution in [-0.4, -0.2) is 22.4 Å². The van der Waals surface area contributed by atoms with Gasteiger partial charge in [0.05, 0.1) is 5.69 Å². The molecule has 0 spiro atoms. The molecule has 1 heterocycles. The van der Waals surface area contributed by atoms with Crippen molar-refractivity contribution in [2.24, 2.45) is 5.92 Å². The Kier molecular flexibility index (Phi) is 6.08. The Morgan fingerprint density at radius 1 is 1.30 bits per heavy atom. The van der Waals surface area contributed by atoms with Gasteiger partial charge >= 0.3 is 0 Å². The molecule has 20 heavy (non-hydrogen) atoms. The zero-order valence-corrected chi connectivity index (χ0v) is 13.5. The number of hydrogen-bond donors (Lipinski definition) is 1. The molecule has 2 rings (SSSR count). The lowest BCUT2D eigenvalue weighted by molar-refractivity contribution is 0.296. The number of hydrogen-bond acceptors (Lipinski definition) is 2. The van der Waals surface area contributed by atoms with Crippen molar-refractivity contribution in [3.05, 3.63) is 17.5 Å². The molecule has 0 amide bonds. The van der Waals surface area contributed by atoms with Crippen LogP contribution in [0, 0.1) is 12.8 Å². The zero-order chi connectivity index (χ0) is 14.4. The third-order valence-corrected chi connectivity index (χ3v) is 4.58. The van der Waals surface area contributed by atoms with Gasteiger partial charge in [0, 0.05) is 24.7 Å². The minimum atomic E-state index is 0.615. The third kappa shape index (κ3) is 4.34. The number of aromatic nitrogens is 2. The predicted octanol–water partition coefficient (Wildman–Crippen LogP) is 3.70. The van der Waals surface area contributed by atoms with E-state index in [2.05, 4.69) is 41.9 Å². The zero-order valence-electron chi connectivity index (χ0n) is 13.5. The fourth-order valence-corrected chi connectivity index (χ4v) is 3.64. The van der Waals surface area contributed by atoms with Crippen LogP contribution in [0.3, 0.4) is 0 Å². The van der Waals surface area contributed by atoms with Gasteiger partial charge in [0.2, 0.25) is 0 Å². The van der Waals surface area contributed by atoms with E-state index in [1.165, 1.54) is 44.2 Å². The maximum Gasteiger partial charge on any atom is 0.0596 e. The van der Waals surface area contributed by atoms with Crippen LogP contribution < -0.4 is 5.32 Å². The van der Waals surface area contributed by atoms with E-state index in [1.807, 2.05) is 0 Å². The number of nitrogens with zero attached hydrogens (tertiary/aromatic N) is 2. The highest BCUT2D eigenvalue weighted by atomic mass is 15.3. The number of aryl methyl sites for hydroxylation is 2. The van der Waals surface area contributed by atoms with Gasteiger partial charge in [-0.25, -0.2) is 0 Å². The molecule has 0 aromatic carbocycles. The van der Waals surface area contributed by atoms with Crippen LogP contribution >= 0.6 is 0 Å². The molecular weight excluding hydrogens is 246 g/mol. The lowest BCUT2D eigenvalue weighted by Crippen LogP contribution is -2.34. The Balaban J connectivity index is 1.96. The van der Waals surface area contributed by atoms with Crippen molar-refractivity contribution >= 4 is 0 Å². The van der Waals surface area contributed by atoms with Crippen LogP contribution in [0.4, 0.5) is 0 Å². The molecule has 1 unspecified atom stereocenters. The van der Waals surface area contributed by atoms with Gasteiger partial charge in [0.1, 0.15) is 0 Å².